The summed E-state index contributed by atoms with van der Waals surface area (Å²) in [7, 11) is 0. The topological polar surface area (TPSA) is 59.4 Å². The van der Waals surface area contributed by atoms with Gasteiger partial charge in [-0.05, 0) is 24.3 Å². The maximum Gasteiger partial charge on any atom is 0.271 e. The van der Waals surface area contributed by atoms with Crippen LogP contribution in [0.1, 0.15) is 10.5 Å². The largest absolute Gasteiger partial charge is 0.379 e. The summed E-state index contributed by atoms with van der Waals surface area (Å²) in [5.41, 5.74) is 1.10. The van der Waals surface area contributed by atoms with Crippen molar-refractivity contribution in [2.45, 2.75) is 0 Å². The van der Waals surface area contributed by atoms with Gasteiger partial charge in [-0.2, -0.15) is 0 Å². The van der Waals surface area contributed by atoms with Gasteiger partial charge in [0.2, 0.25) is 0 Å². The van der Waals surface area contributed by atoms with Crippen LogP contribution in [0, 0.1) is 5.82 Å². The lowest BCUT2D eigenvalue weighted by atomic mass is 10.3. The number of amides is 1. The van der Waals surface area contributed by atoms with Crippen LogP contribution in [0.2, 0.25) is 0 Å². The highest BCUT2D eigenvalue weighted by molar-refractivity contribution is 5.92. The summed E-state index contributed by atoms with van der Waals surface area (Å²) < 4.78 is 19.9. The summed E-state index contributed by atoms with van der Waals surface area (Å²) in [5.74, 6) is -0.505. The van der Waals surface area contributed by atoms with E-state index in [2.05, 4.69) is 15.2 Å². The number of carbonyl (C=O) groups excluding carboxylic acids is 1. The van der Waals surface area contributed by atoms with Crippen LogP contribution >= 0.6 is 0 Å². The van der Waals surface area contributed by atoms with Crippen LogP contribution in [0.5, 0.6) is 0 Å². The summed E-state index contributed by atoms with van der Waals surface area (Å²) in [6, 6.07) is 6.02. The number of aromatic nitrogens is 2. The number of nitrogens with one attached hydrogen (secondary N) is 1. The average Bonchev–Trinajstić information content (AvgIpc) is 3.06. The van der Waals surface area contributed by atoms with E-state index in [1.54, 1.807) is 29.2 Å². The Labute approximate surface area is 133 Å². The summed E-state index contributed by atoms with van der Waals surface area (Å²) in [6.45, 7) is 4.66. The normalized spacial score (nSPS) is 15.5. The third-order valence-corrected chi connectivity index (χ3v) is 3.76. The van der Waals surface area contributed by atoms with E-state index in [1.807, 2.05) is 0 Å². The van der Waals surface area contributed by atoms with Gasteiger partial charge in [-0.1, -0.05) is 0 Å². The number of hydrogen-bond donors (Lipinski definition) is 1. The van der Waals surface area contributed by atoms with Crippen LogP contribution in [-0.4, -0.2) is 59.8 Å². The van der Waals surface area contributed by atoms with Crippen molar-refractivity contribution in [1.82, 2.24) is 19.8 Å². The lowest BCUT2D eigenvalue weighted by molar-refractivity contribution is 0.0383. The van der Waals surface area contributed by atoms with Gasteiger partial charge in [0, 0.05) is 38.1 Å². The smallest absolute Gasteiger partial charge is 0.271 e. The molecule has 6 nitrogen and oxygen atoms in total. The second-order valence-corrected chi connectivity index (χ2v) is 5.35. The van der Waals surface area contributed by atoms with E-state index in [9.17, 15) is 9.18 Å². The van der Waals surface area contributed by atoms with Crippen molar-refractivity contribution in [3.63, 3.8) is 0 Å². The molecule has 7 heteroatoms. The molecule has 0 aliphatic carbocycles. The molecule has 1 aliphatic rings. The summed E-state index contributed by atoms with van der Waals surface area (Å²) >= 11 is 0. The van der Waals surface area contributed by atoms with E-state index in [0.717, 1.165) is 38.5 Å². The zero-order chi connectivity index (χ0) is 16.1. The van der Waals surface area contributed by atoms with Crippen molar-refractivity contribution in [2.75, 3.05) is 39.4 Å². The maximum absolute atomic E-state index is 12.9. The van der Waals surface area contributed by atoms with Gasteiger partial charge in [0.05, 0.1) is 13.2 Å². The van der Waals surface area contributed by atoms with Crippen LogP contribution in [0.15, 0.2) is 36.8 Å². The lowest BCUT2D eigenvalue weighted by Gasteiger charge is -2.26. The molecule has 1 fully saturated rings. The Morgan fingerprint density at radius 1 is 1.26 bits per heavy atom. The monoisotopic (exact) mass is 318 g/mol. The third kappa shape index (κ3) is 4.14. The molecule has 0 bridgehead atoms. The molecular formula is C16H19FN4O2. The fourth-order valence-electron chi connectivity index (χ4n) is 2.44. The Kier molecular flexibility index (Phi) is 4.99. The molecule has 1 aromatic heterocycles. The molecule has 0 radical (unpaired) electrons. The van der Waals surface area contributed by atoms with Crippen molar-refractivity contribution < 1.29 is 13.9 Å². The van der Waals surface area contributed by atoms with E-state index in [4.69, 9.17) is 4.74 Å². The number of imidazole rings is 1. The zero-order valence-corrected chi connectivity index (χ0v) is 12.7. The highest BCUT2D eigenvalue weighted by Gasteiger charge is 2.12. The first kappa shape index (κ1) is 15.6. The van der Waals surface area contributed by atoms with Gasteiger partial charge in [-0.25, -0.2) is 9.37 Å². The molecule has 0 atom stereocenters. The van der Waals surface area contributed by atoms with E-state index >= 15 is 0 Å². The van der Waals surface area contributed by atoms with Crippen molar-refractivity contribution in [2.24, 2.45) is 0 Å². The quantitative estimate of drug-likeness (QED) is 0.896. The Hall–Kier alpha value is -2.25. The van der Waals surface area contributed by atoms with E-state index in [1.165, 1.54) is 12.1 Å². The Morgan fingerprint density at radius 2 is 2.00 bits per heavy atom. The minimum absolute atomic E-state index is 0.209. The lowest BCUT2D eigenvalue weighted by Crippen LogP contribution is -2.41. The number of carbonyl (C=O) groups is 1. The molecule has 1 aliphatic heterocycles. The highest BCUT2D eigenvalue weighted by Crippen LogP contribution is 2.09. The Balaban J connectivity index is 1.52. The number of hydrogen-bond acceptors (Lipinski definition) is 4. The fraction of sp³-hybridized carbons (Fsp3) is 0.375. The molecule has 2 aromatic rings. The van der Waals surface area contributed by atoms with Gasteiger partial charge in [0.1, 0.15) is 17.8 Å². The molecule has 122 valence electrons. The maximum atomic E-state index is 12.9. The summed E-state index contributed by atoms with van der Waals surface area (Å²) in [5, 5.41) is 2.86. The second kappa shape index (κ2) is 7.34. The minimum atomic E-state index is -0.296. The minimum Gasteiger partial charge on any atom is -0.379 e. The summed E-state index contributed by atoms with van der Waals surface area (Å²) in [6.07, 6.45) is 3.18. The van der Waals surface area contributed by atoms with Gasteiger partial charge in [-0.3, -0.25) is 9.69 Å². The van der Waals surface area contributed by atoms with Crippen molar-refractivity contribution >= 4 is 5.91 Å². The fourth-order valence-corrected chi connectivity index (χ4v) is 2.44. The first-order valence-corrected chi connectivity index (χ1v) is 7.60. The molecule has 23 heavy (non-hydrogen) atoms. The standard InChI is InChI=1S/C16H19FN4O2/c17-13-1-3-14(4-2-13)21-11-15(19-12-21)16(22)18-5-6-20-7-9-23-10-8-20/h1-4,11-12H,5-10H2,(H,18,22). The zero-order valence-electron chi connectivity index (χ0n) is 12.7. The predicted molar refractivity (Wildman–Crippen MR) is 83.1 cm³/mol. The Morgan fingerprint density at radius 3 is 2.74 bits per heavy atom. The van der Waals surface area contributed by atoms with Crippen LogP contribution in [0.25, 0.3) is 5.69 Å². The third-order valence-electron chi connectivity index (χ3n) is 3.76. The molecule has 0 spiro atoms. The van der Waals surface area contributed by atoms with E-state index in [-0.39, 0.29) is 11.7 Å². The second-order valence-electron chi connectivity index (χ2n) is 5.35. The predicted octanol–water partition coefficient (Wildman–Crippen LogP) is 1.07. The first-order chi connectivity index (χ1) is 11.2. The molecule has 1 saturated heterocycles. The molecule has 1 amide bonds. The highest BCUT2D eigenvalue weighted by atomic mass is 19.1. The van der Waals surface area contributed by atoms with Crippen LogP contribution in [0.3, 0.4) is 0 Å². The van der Waals surface area contributed by atoms with Gasteiger partial charge in [0.25, 0.3) is 5.91 Å². The molecule has 0 unspecified atom stereocenters. The van der Waals surface area contributed by atoms with E-state index < -0.39 is 0 Å². The van der Waals surface area contributed by atoms with Crippen molar-refractivity contribution in [3.8, 4) is 5.69 Å². The number of rotatable bonds is 5. The van der Waals surface area contributed by atoms with Crippen molar-refractivity contribution in [3.05, 3.63) is 48.3 Å². The van der Waals surface area contributed by atoms with Gasteiger partial charge in [0.15, 0.2) is 0 Å². The molecule has 1 aromatic carbocycles. The molecule has 3 rings (SSSR count). The van der Waals surface area contributed by atoms with Crippen LogP contribution in [0.4, 0.5) is 4.39 Å². The summed E-state index contributed by atoms with van der Waals surface area (Å²) in [4.78, 5) is 18.4. The molecular weight excluding hydrogens is 299 g/mol. The van der Waals surface area contributed by atoms with Crippen molar-refractivity contribution in [1.29, 1.82) is 0 Å². The average molecular weight is 318 g/mol. The number of halogens is 1. The molecule has 2 heterocycles. The van der Waals surface area contributed by atoms with Crippen LogP contribution in [-0.2, 0) is 4.74 Å². The Bertz CT molecular complexity index is 650. The number of benzene rings is 1. The van der Waals surface area contributed by atoms with Gasteiger partial charge in [-0.15, -0.1) is 0 Å². The molecule has 0 saturated carbocycles. The van der Waals surface area contributed by atoms with Gasteiger partial charge >= 0.3 is 0 Å². The van der Waals surface area contributed by atoms with E-state index in [0.29, 0.717) is 12.2 Å². The van der Waals surface area contributed by atoms with Crippen LogP contribution < -0.4 is 5.32 Å². The first-order valence-electron chi connectivity index (χ1n) is 7.60. The number of morpholine rings is 1. The number of nitrogens with zero attached hydrogens (tertiary/aromatic N) is 3. The number of ether oxygens (including phenoxy) is 1. The SMILES string of the molecule is O=C(NCCN1CCOCC1)c1cn(-c2ccc(F)cc2)cn1. The molecule has 1 N–H and O–H groups in total. The van der Waals surface area contributed by atoms with Gasteiger partial charge < -0.3 is 14.6 Å².